The monoisotopic (exact) mass is 326 g/mol. The molecule has 7 heteroatoms. The molecule has 0 unspecified atom stereocenters. The summed E-state index contributed by atoms with van der Waals surface area (Å²) < 4.78 is 4.16. The van der Waals surface area contributed by atoms with Gasteiger partial charge in [-0.2, -0.15) is 5.10 Å². The molecule has 0 aromatic carbocycles. The summed E-state index contributed by atoms with van der Waals surface area (Å²) in [4.78, 5) is 4.98. The molecule has 0 saturated heterocycles. The second-order valence-electron chi connectivity index (χ2n) is 5.41. The molecule has 0 aliphatic rings. The zero-order chi connectivity index (χ0) is 15.6. The van der Waals surface area contributed by atoms with Gasteiger partial charge in [0, 0.05) is 29.4 Å². The quantitative estimate of drug-likeness (QED) is 0.829. The van der Waals surface area contributed by atoms with Gasteiger partial charge < -0.3 is 9.67 Å². The minimum Gasteiger partial charge on any atom is -0.388 e. The number of hydrogen-bond acceptors (Lipinski definition) is 5. The Morgan fingerprint density at radius 1 is 1.43 bits per heavy atom. The van der Waals surface area contributed by atoms with Gasteiger partial charge in [-0.05, 0) is 45.1 Å². The van der Waals surface area contributed by atoms with E-state index in [2.05, 4.69) is 42.9 Å². The van der Waals surface area contributed by atoms with E-state index in [9.17, 15) is 5.11 Å². The maximum Gasteiger partial charge on any atom is 0.198 e. The van der Waals surface area contributed by atoms with Crippen molar-refractivity contribution in [2.45, 2.75) is 46.6 Å². The fraction of sp³-hybridized carbons (Fsp3) is 0.571. The van der Waals surface area contributed by atoms with Crippen LogP contribution in [0.5, 0.6) is 0 Å². The Labute approximate surface area is 134 Å². The van der Waals surface area contributed by atoms with Crippen LogP contribution in [0.15, 0.2) is 12.1 Å². The first-order valence-electron chi connectivity index (χ1n) is 6.95. The highest BCUT2D eigenvalue weighted by atomic mass is 32.1. The average molecular weight is 326 g/mol. The number of aryl methyl sites for hydroxylation is 1. The molecule has 0 aliphatic heterocycles. The van der Waals surface area contributed by atoms with Crippen molar-refractivity contribution in [2.24, 2.45) is 7.05 Å². The van der Waals surface area contributed by atoms with Crippen LogP contribution in [0.4, 0.5) is 0 Å². The van der Waals surface area contributed by atoms with Crippen molar-refractivity contribution in [3.8, 4) is 0 Å². The van der Waals surface area contributed by atoms with Crippen molar-refractivity contribution < 1.29 is 5.11 Å². The topological polar surface area (TPSA) is 46.2 Å². The van der Waals surface area contributed by atoms with Crippen LogP contribution < -0.4 is 0 Å². The van der Waals surface area contributed by atoms with E-state index in [4.69, 9.17) is 12.2 Å². The van der Waals surface area contributed by atoms with Crippen LogP contribution in [0.3, 0.4) is 0 Å². The van der Waals surface area contributed by atoms with Gasteiger partial charge in [0.25, 0.3) is 0 Å². The van der Waals surface area contributed by atoms with Crippen molar-refractivity contribution in [2.75, 3.05) is 0 Å². The van der Waals surface area contributed by atoms with E-state index in [-0.39, 0.29) is 6.61 Å². The number of aliphatic hydroxyl groups is 1. The number of rotatable bonds is 6. The highest BCUT2D eigenvalue weighted by Crippen LogP contribution is 2.19. The summed E-state index contributed by atoms with van der Waals surface area (Å²) in [5, 5.41) is 13.7. The number of nitrogens with zero attached hydrogens (tertiary/aromatic N) is 4. The molecule has 2 rings (SSSR count). The molecular weight excluding hydrogens is 304 g/mol. The summed E-state index contributed by atoms with van der Waals surface area (Å²) in [6.07, 6.45) is 0. The standard InChI is InChI=1S/C14H22N4OS2/c1-10(2)17(7-12-6-5-11(3)21-12)9-18-14(20)16(4)13(8-19)15-18/h5-6,10,19H,7-9H2,1-4H3. The van der Waals surface area contributed by atoms with E-state index in [1.807, 2.05) is 18.4 Å². The highest BCUT2D eigenvalue weighted by Gasteiger charge is 2.15. The van der Waals surface area contributed by atoms with E-state index in [1.54, 1.807) is 9.25 Å². The van der Waals surface area contributed by atoms with Crippen LogP contribution in [-0.2, 0) is 26.9 Å². The number of hydrogen-bond donors (Lipinski definition) is 1. The lowest BCUT2D eigenvalue weighted by Crippen LogP contribution is -2.32. The first-order chi connectivity index (χ1) is 9.92. The number of aromatic nitrogens is 3. The van der Waals surface area contributed by atoms with E-state index >= 15 is 0 Å². The highest BCUT2D eigenvalue weighted by molar-refractivity contribution is 7.71. The molecule has 0 atom stereocenters. The SMILES string of the molecule is Cc1ccc(CN(Cn2nc(CO)n(C)c2=S)C(C)C)s1. The molecule has 0 saturated carbocycles. The normalized spacial score (nSPS) is 11.8. The van der Waals surface area contributed by atoms with E-state index in [0.29, 0.717) is 23.3 Å². The maximum atomic E-state index is 9.28. The Kier molecular flexibility index (Phi) is 5.32. The molecule has 1 N–H and O–H groups in total. The van der Waals surface area contributed by atoms with Gasteiger partial charge in [-0.1, -0.05) is 0 Å². The zero-order valence-corrected chi connectivity index (χ0v) is 14.5. The zero-order valence-electron chi connectivity index (χ0n) is 12.9. The smallest absolute Gasteiger partial charge is 0.198 e. The molecule has 0 fully saturated rings. The first kappa shape index (κ1) is 16.4. The van der Waals surface area contributed by atoms with Crippen molar-refractivity contribution >= 4 is 23.6 Å². The number of thiophene rings is 1. The van der Waals surface area contributed by atoms with Crippen molar-refractivity contribution in [3.05, 3.63) is 32.5 Å². The van der Waals surface area contributed by atoms with Crippen LogP contribution in [0, 0.1) is 11.7 Å². The lowest BCUT2D eigenvalue weighted by Gasteiger charge is -2.25. The molecule has 116 valence electrons. The first-order valence-corrected chi connectivity index (χ1v) is 8.17. The van der Waals surface area contributed by atoms with Gasteiger partial charge in [0.1, 0.15) is 6.61 Å². The van der Waals surface area contributed by atoms with Crippen LogP contribution in [0.25, 0.3) is 0 Å². The Balaban J connectivity index is 2.18. The minimum absolute atomic E-state index is 0.0983. The van der Waals surface area contributed by atoms with E-state index in [0.717, 1.165) is 6.54 Å². The Morgan fingerprint density at radius 2 is 2.14 bits per heavy atom. The van der Waals surface area contributed by atoms with Crippen LogP contribution in [0.1, 0.15) is 29.4 Å². The molecule has 2 aromatic rings. The van der Waals surface area contributed by atoms with E-state index in [1.165, 1.54) is 9.75 Å². The van der Waals surface area contributed by atoms with Crippen molar-refractivity contribution in [1.82, 2.24) is 19.2 Å². The van der Waals surface area contributed by atoms with Gasteiger partial charge >= 0.3 is 0 Å². The van der Waals surface area contributed by atoms with Crippen molar-refractivity contribution in [1.29, 1.82) is 0 Å². The van der Waals surface area contributed by atoms with Gasteiger partial charge in [-0.3, -0.25) is 4.90 Å². The van der Waals surface area contributed by atoms with Crippen LogP contribution >= 0.6 is 23.6 Å². The van der Waals surface area contributed by atoms with Gasteiger partial charge in [-0.25, -0.2) is 4.68 Å². The summed E-state index contributed by atoms with van der Waals surface area (Å²) in [5.41, 5.74) is 0. The largest absolute Gasteiger partial charge is 0.388 e. The van der Waals surface area contributed by atoms with Gasteiger partial charge in [0.05, 0.1) is 6.67 Å². The molecule has 5 nitrogen and oxygen atoms in total. The Bertz CT molecular complexity index is 656. The molecule has 0 spiro atoms. The predicted octanol–water partition coefficient (Wildman–Crippen LogP) is 2.68. The summed E-state index contributed by atoms with van der Waals surface area (Å²) >= 11 is 7.20. The Morgan fingerprint density at radius 3 is 2.62 bits per heavy atom. The molecule has 2 heterocycles. The fourth-order valence-corrected chi connectivity index (χ4v) is 3.22. The molecule has 0 bridgehead atoms. The van der Waals surface area contributed by atoms with Gasteiger partial charge in [0.2, 0.25) is 0 Å². The fourth-order valence-electron chi connectivity index (χ4n) is 2.10. The lowest BCUT2D eigenvalue weighted by molar-refractivity contribution is 0.154. The third-order valence-electron chi connectivity index (χ3n) is 3.47. The van der Waals surface area contributed by atoms with Gasteiger partial charge in [0.15, 0.2) is 10.6 Å². The molecule has 2 aromatic heterocycles. The number of aliphatic hydroxyl groups excluding tert-OH is 1. The molecule has 0 aliphatic carbocycles. The van der Waals surface area contributed by atoms with Crippen LogP contribution in [0.2, 0.25) is 0 Å². The molecule has 0 amide bonds. The third-order valence-corrected chi connectivity index (χ3v) is 4.94. The maximum absolute atomic E-state index is 9.28. The van der Waals surface area contributed by atoms with Crippen LogP contribution in [-0.4, -0.2) is 30.4 Å². The Hall–Kier alpha value is -1.02. The molecule has 21 heavy (non-hydrogen) atoms. The van der Waals surface area contributed by atoms with Crippen molar-refractivity contribution in [3.63, 3.8) is 0 Å². The summed E-state index contributed by atoms with van der Waals surface area (Å²) in [6, 6.07) is 4.70. The summed E-state index contributed by atoms with van der Waals surface area (Å²) in [7, 11) is 1.83. The summed E-state index contributed by atoms with van der Waals surface area (Å²) in [6.45, 7) is 7.86. The average Bonchev–Trinajstić information content (AvgIpc) is 2.96. The predicted molar refractivity (Wildman–Crippen MR) is 87.7 cm³/mol. The lowest BCUT2D eigenvalue weighted by atomic mass is 10.3. The second-order valence-corrected chi connectivity index (χ2v) is 7.15. The minimum atomic E-state index is -0.0983. The molecular formula is C14H22N4OS2. The van der Waals surface area contributed by atoms with E-state index < -0.39 is 0 Å². The van der Waals surface area contributed by atoms with Gasteiger partial charge in [-0.15, -0.1) is 11.3 Å². The second kappa shape index (κ2) is 6.83. The summed E-state index contributed by atoms with van der Waals surface area (Å²) in [5.74, 6) is 0.593. The third kappa shape index (κ3) is 3.79. The molecule has 0 radical (unpaired) electrons.